The summed E-state index contributed by atoms with van der Waals surface area (Å²) in [6.45, 7) is 3.00. The van der Waals surface area contributed by atoms with Gasteiger partial charge in [-0.1, -0.05) is 18.5 Å². The number of methoxy groups -OCH3 is 1. The number of nitrogens with zero attached hydrogens (tertiary/aromatic N) is 3. The summed E-state index contributed by atoms with van der Waals surface area (Å²) in [5.41, 5.74) is 0.905. The van der Waals surface area contributed by atoms with Crippen LogP contribution in [-0.4, -0.2) is 21.9 Å². The molecule has 4 nitrogen and oxygen atoms in total. The molecule has 0 aliphatic carbocycles. The van der Waals surface area contributed by atoms with Gasteiger partial charge in [0.25, 0.3) is 0 Å². The molecule has 1 aromatic carbocycles. The zero-order valence-corrected chi connectivity index (χ0v) is 10.6. The van der Waals surface area contributed by atoms with E-state index in [2.05, 4.69) is 17.1 Å². The van der Waals surface area contributed by atoms with Crippen LogP contribution >= 0.6 is 11.6 Å². The molecule has 2 aromatic rings. The van der Waals surface area contributed by atoms with E-state index in [1.54, 1.807) is 19.5 Å². The van der Waals surface area contributed by atoms with Crippen molar-refractivity contribution in [2.24, 2.45) is 0 Å². The largest absolute Gasteiger partial charge is 0.496 e. The first-order valence-corrected chi connectivity index (χ1v) is 5.85. The van der Waals surface area contributed by atoms with E-state index >= 15 is 0 Å². The minimum Gasteiger partial charge on any atom is -0.496 e. The number of hydrogen-bond donors (Lipinski definition) is 0. The predicted molar refractivity (Wildman–Crippen MR) is 67.3 cm³/mol. The van der Waals surface area contributed by atoms with Crippen molar-refractivity contribution in [2.45, 2.75) is 19.9 Å². The van der Waals surface area contributed by atoms with E-state index in [4.69, 9.17) is 16.3 Å². The molecule has 0 atom stereocenters. The Bertz CT molecular complexity index is 510. The Hall–Kier alpha value is -1.55. The second-order valence-corrected chi connectivity index (χ2v) is 4.13. The van der Waals surface area contributed by atoms with E-state index < -0.39 is 0 Å². The quantitative estimate of drug-likeness (QED) is 0.839. The van der Waals surface area contributed by atoms with Gasteiger partial charge >= 0.3 is 0 Å². The zero-order chi connectivity index (χ0) is 12.3. The fourth-order valence-electron chi connectivity index (χ4n) is 1.72. The van der Waals surface area contributed by atoms with Gasteiger partial charge < -0.3 is 9.30 Å². The first-order valence-electron chi connectivity index (χ1n) is 5.48. The summed E-state index contributed by atoms with van der Waals surface area (Å²) in [4.78, 5) is 0. The van der Waals surface area contributed by atoms with Gasteiger partial charge in [-0.2, -0.15) is 0 Å². The molecule has 0 aliphatic heterocycles. The molecule has 0 aliphatic rings. The maximum atomic E-state index is 5.94. The molecule has 0 saturated heterocycles. The third kappa shape index (κ3) is 2.42. The molecule has 0 amide bonds. The van der Waals surface area contributed by atoms with Gasteiger partial charge in [0, 0.05) is 11.6 Å². The maximum absolute atomic E-state index is 5.94. The van der Waals surface area contributed by atoms with Crippen molar-refractivity contribution in [2.75, 3.05) is 7.11 Å². The smallest absolute Gasteiger partial charge is 0.167 e. The lowest BCUT2D eigenvalue weighted by Gasteiger charge is -2.09. The molecule has 0 unspecified atom stereocenters. The molecule has 2 rings (SSSR count). The minimum absolute atomic E-state index is 0.646. The van der Waals surface area contributed by atoms with Crippen LogP contribution in [0.25, 0.3) is 11.4 Å². The maximum Gasteiger partial charge on any atom is 0.167 e. The topological polar surface area (TPSA) is 39.9 Å². The highest BCUT2D eigenvalue weighted by Crippen LogP contribution is 2.31. The molecule has 1 aromatic heterocycles. The average molecular weight is 252 g/mol. The van der Waals surface area contributed by atoms with Crippen LogP contribution in [-0.2, 0) is 6.54 Å². The zero-order valence-electron chi connectivity index (χ0n) is 9.85. The molecule has 0 spiro atoms. The number of halogens is 1. The number of hydrogen-bond acceptors (Lipinski definition) is 3. The average Bonchev–Trinajstić information content (AvgIpc) is 2.77. The number of ether oxygens (including phenoxy) is 1. The fourth-order valence-corrected chi connectivity index (χ4v) is 1.88. The Morgan fingerprint density at radius 3 is 2.94 bits per heavy atom. The molecule has 1 heterocycles. The van der Waals surface area contributed by atoms with Crippen LogP contribution in [0.5, 0.6) is 5.75 Å². The SMILES string of the molecule is CCCn1cnnc1-c1ccc(Cl)cc1OC. The van der Waals surface area contributed by atoms with Gasteiger partial charge in [-0.3, -0.25) is 0 Å². The van der Waals surface area contributed by atoms with Crippen molar-refractivity contribution in [3.8, 4) is 17.1 Å². The minimum atomic E-state index is 0.646. The lowest BCUT2D eigenvalue weighted by atomic mass is 10.2. The molecule has 0 N–H and O–H groups in total. The first kappa shape index (κ1) is 11.9. The van der Waals surface area contributed by atoms with Crippen molar-refractivity contribution >= 4 is 11.6 Å². The van der Waals surface area contributed by atoms with Crippen molar-refractivity contribution in [3.05, 3.63) is 29.5 Å². The first-order chi connectivity index (χ1) is 8.26. The second-order valence-electron chi connectivity index (χ2n) is 3.69. The lowest BCUT2D eigenvalue weighted by molar-refractivity contribution is 0.416. The molecule has 0 radical (unpaired) electrons. The molecular formula is C12H14ClN3O. The number of aryl methyl sites for hydroxylation is 1. The monoisotopic (exact) mass is 251 g/mol. The van der Waals surface area contributed by atoms with E-state index in [1.807, 2.05) is 16.7 Å². The highest BCUT2D eigenvalue weighted by atomic mass is 35.5. The van der Waals surface area contributed by atoms with E-state index in [1.165, 1.54) is 0 Å². The Morgan fingerprint density at radius 2 is 2.24 bits per heavy atom. The van der Waals surface area contributed by atoms with Gasteiger partial charge in [-0.25, -0.2) is 0 Å². The Balaban J connectivity index is 2.48. The predicted octanol–water partition coefficient (Wildman–Crippen LogP) is 3.02. The molecule has 0 fully saturated rings. The third-order valence-corrected chi connectivity index (χ3v) is 2.72. The molecule has 5 heteroatoms. The molecule has 90 valence electrons. The summed E-state index contributed by atoms with van der Waals surface area (Å²) >= 11 is 5.94. The normalized spacial score (nSPS) is 10.5. The van der Waals surface area contributed by atoms with Crippen LogP contribution in [0.1, 0.15) is 13.3 Å². The summed E-state index contributed by atoms with van der Waals surface area (Å²) in [6, 6.07) is 5.50. The van der Waals surface area contributed by atoms with Gasteiger partial charge in [-0.05, 0) is 24.6 Å². The van der Waals surface area contributed by atoms with Crippen molar-refractivity contribution < 1.29 is 4.74 Å². The molecule has 17 heavy (non-hydrogen) atoms. The van der Waals surface area contributed by atoms with Crippen LogP contribution in [0.3, 0.4) is 0 Å². The van der Waals surface area contributed by atoms with Gasteiger partial charge in [0.15, 0.2) is 5.82 Å². The van der Waals surface area contributed by atoms with E-state index in [0.29, 0.717) is 10.8 Å². The van der Waals surface area contributed by atoms with Crippen LogP contribution in [0, 0.1) is 0 Å². The van der Waals surface area contributed by atoms with E-state index in [9.17, 15) is 0 Å². The third-order valence-electron chi connectivity index (χ3n) is 2.48. The summed E-state index contributed by atoms with van der Waals surface area (Å²) in [6.07, 6.45) is 2.76. The van der Waals surface area contributed by atoms with Gasteiger partial charge in [0.2, 0.25) is 0 Å². The molecule has 0 saturated carbocycles. The van der Waals surface area contributed by atoms with Crippen molar-refractivity contribution in [1.82, 2.24) is 14.8 Å². The van der Waals surface area contributed by atoms with Gasteiger partial charge in [-0.15, -0.1) is 10.2 Å². The van der Waals surface area contributed by atoms with E-state index in [-0.39, 0.29) is 0 Å². The summed E-state index contributed by atoms with van der Waals surface area (Å²) < 4.78 is 7.32. The highest BCUT2D eigenvalue weighted by Gasteiger charge is 2.12. The Labute approximate surface area is 105 Å². The van der Waals surface area contributed by atoms with Crippen LogP contribution in [0.2, 0.25) is 5.02 Å². The summed E-state index contributed by atoms with van der Waals surface area (Å²) in [5.74, 6) is 1.52. The lowest BCUT2D eigenvalue weighted by Crippen LogP contribution is -1.99. The van der Waals surface area contributed by atoms with Gasteiger partial charge in [0.1, 0.15) is 12.1 Å². The second kappa shape index (κ2) is 5.19. The van der Waals surface area contributed by atoms with Crippen LogP contribution < -0.4 is 4.74 Å². The van der Waals surface area contributed by atoms with Crippen LogP contribution in [0.15, 0.2) is 24.5 Å². The highest BCUT2D eigenvalue weighted by molar-refractivity contribution is 6.30. The Kier molecular flexibility index (Phi) is 3.64. The fraction of sp³-hybridized carbons (Fsp3) is 0.333. The molecule has 0 bridgehead atoms. The number of aromatic nitrogens is 3. The summed E-state index contributed by atoms with van der Waals surface area (Å²) in [7, 11) is 1.62. The van der Waals surface area contributed by atoms with Crippen LogP contribution in [0.4, 0.5) is 0 Å². The molecular weight excluding hydrogens is 238 g/mol. The van der Waals surface area contributed by atoms with Crippen molar-refractivity contribution in [3.63, 3.8) is 0 Å². The van der Waals surface area contributed by atoms with Crippen molar-refractivity contribution in [1.29, 1.82) is 0 Å². The Morgan fingerprint density at radius 1 is 1.41 bits per heavy atom. The summed E-state index contributed by atoms with van der Waals surface area (Å²) in [5, 5.41) is 8.72. The van der Waals surface area contributed by atoms with E-state index in [0.717, 1.165) is 24.4 Å². The number of rotatable bonds is 4. The number of benzene rings is 1. The standard InChI is InChI=1S/C12H14ClN3O/c1-3-6-16-8-14-15-12(16)10-5-4-9(13)7-11(10)17-2/h4-5,7-8H,3,6H2,1-2H3. The van der Waals surface area contributed by atoms with Gasteiger partial charge in [0.05, 0.1) is 12.7 Å².